The molecular weight excluding hydrogens is 324 g/mol. The van der Waals surface area contributed by atoms with Gasteiger partial charge in [-0.3, -0.25) is 4.79 Å². The standard InChI is InChI=1S/C21H22N4O/c1-3-12-25-15-17(19-6-4-5-7-20(19)25)13-23-24-21(26)14-22-18-10-8-16(2)9-11-18/h3-11,13,15,22H,1,12,14H2,2H3,(H,24,26)/b23-13-. The molecule has 26 heavy (non-hydrogen) atoms. The maximum absolute atomic E-state index is 11.9. The molecule has 3 rings (SSSR count). The maximum atomic E-state index is 11.9. The first kappa shape index (κ1) is 17.5. The number of hydrogen-bond acceptors (Lipinski definition) is 3. The summed E-state index contributed by atoms with van der Waals surface area (Å²) in [5.74, 6) is -0.198. The number of carbonyl (C=O) groups excluding carboxylic acids is 1. The van der Waals surface area contributed by atoms with E-state index in [4.69, 9.17) is 0 Å². The number of hydrogen-bond donors (Lipinski definition) is 2. The van der Waals surface area contributed by atoms with Crippen LogP contribution in [0.15, 0.2) is 72.5 Å². The van der Waals surface area contributed by atoms with E-state index in [0.717, 1.165) is 28.7 Å². The SMILES string of the molecule is C=CCn1cc(/C=N\NC(=O)CNc2ccc(C)cc2)c2ccccc21. The van der Waals surface area contributed by atoms with Crippen molar-refractivity contribution in [2.75, 3.05) is 11.9 Å². The minimum absolute atomic E-state index is 0.165. The molecule has 0 radical (unpaired) electrons. The molecule has 0 saturated carbocycles. The summed E-state index contributed by atoms with van der Waals surface area (Å²) in [6.07, 6.45) is 5.53. The van der Waals surface area contributed by atoms with Crippen molar-refractivity contribution >= 4 is 28.7 Å². The normalized spacial score (nSPS) is 11.0. The average molecular weight is 346 g/mol. The molecule has 2 N–H and O–H groups in total. The van der Waals surface area contributed by atoms with Gasteiger partial charge in [0.05, 0.1) is 12.8 Å². The van der Waals surface area contributed by atoms with Gasteiger partial charge >= 0.3 is 0 Å². The Balaban J connectivity index is 1.61. The zero-order valence-electron chi connectivity index (χ0n) is 14.8. The Morgan fingerprint density at radius 3 is 2.73 bits per heavy atom. The van der Waals surface area contributed by atoms with Crippen molar-refractivity contribution in [3.05, 3.63) is 78.5 Å². The molecule has 3 aromatic rings. The highest BCUT2D eigenvalue weighted by Crippen LogP contribution is 2.19. The van der Waals surface area contributed by atoms with Crippen LogP contribution in [0, 0.1) is 6.92 Å². The number of aryl methyl sites for hydroxylation is 1. The van der Waals surface area contributed by atoms with E-state index in [2.05, 4.69) is 33.1 Å². The third kappa shape index (κ3) is 4.19. The first-order valence-corrected chi connectivity index (χ1v) is 8.48. The first-order valence-electron chi connectivity index (χ1n) is 8.48. The third-order valence-electron chi connectivity index (χ3n) is 4.04. The topological polar surface area (TPSA) is 58.4 Å². The summed E-state index contributed by atoms with van der Waals surface area (Å²) in [6, 6.07) is 16.0. The lowest BCUT2D eigenvalue weighted by atomic mass is 10.2. The Bertz CT molecular complexity index is 938. The number of para-hydroxylation sites is 1. The molecule has 0 aliphatic carbocycles. The number of aromatic nitrogens is 1. The number of nitrogens with zero attached hydrogens (tertiary/aromatic N) is 2. The van der Waals surface area contributed by atoms with Crippen molar-refractivity contribution in [1.29, 1.82) is 0 Å². The first-order chi connectivity index (χ1) is 12.7. The number of anilines is 1. The second kappa shape index (κ2) is 8.16. The molecule has 1 aromatic heterocycles. The fraction of sp³-hybridized carbons (Fsp3) is 0.143. The molecule has 5 heteroatoms. The largest absolute Gasteiger partial charge is 0.376 e. The molecule has 0 aliphatic heterocycles. The van der Waals surface area contributed by atoms with Crippen LogP contribution in [-0.4, -0.2) is 23.2 Å². The summed E-state index contributed by atoms with van der Waals surface area (Å²) in [5.41, 5.74) is 6.71. The van der Waals surface area contributed by atoms with Gasteiger partial charge in [-0.05, 0) is 25.1 Å². The molecule has 0 unspecified atom stereocenters. The predicted octanol–water partition coefficient (Wildman–Crippen LogP) is 3.70. The van der Waals surface area contributed by atoms with Gasteiger partial charge in [0.25, 0.3) is 5.91 Å². The molecular formula is C21H22N4O. The van der Waals surface area contributed by atoms with Crippen molar-refractivity contribution in [2.24, 2.45) is 5.10 Å². The Morgan fingerprint density at radius 1 is 1.19 bits per heavy atom. The van der Waals surface area contributed by atoms with E-state index in [1.165, 1.54) is 5.56 Å². The van der Waals surface area contributed by atoms with E-state index in [-0.39, 0.29) is 12.5 Å². The highest BCUT2D eigenvalue weighted by Gasteiger charge is 2.05. The average Bonchev–Trinajstić information content (AvgIpc) is 3.00. The highest BCUT2D eigenvalue weighted by atomic mass is 16.2. The second-order valence-electron chi connectivity index (χ2n) is 6.06. The quantitative estimate of drug-likeness (QED) is 0.389. The van der Waals surface area contributed by atoms with Crippen molar-refractivity contribution in [1.82, 2.24) is 9.99 Å². The van der Waals surface area contributed by atoms with Gasteiger partial charge in [-0.15, -0.1) is 6.58 Å². The Labute approximate surface area is 153 Å². The zero-order chi connectivity index (χ0) is 18.4. The van der Waals surface area contributed by atoms with Crippen LogP contribution in [-0.2, 0) is 11.3 Å². The number of hydrazone groups is 1. The van der Waals surface area contributed by atoms with Gasteiger partial charge in [0.15, 0.2) is 0 Å². The van der Waals surface area contributed by atoms with Gasteiger partial charge in [0.1, 0.15) is 0 Å². The lowest BCUT2D eigenvalue weighted by Gasteiger charge is -2.05. The van der Waals surface area contributed by atoms with Gasteiger partial charge in [0.2, 0.25) is 0 Å². The Kier molecular flexibility index (Phi) is 5.49. The fourth-order valence-corrected chi connectivity index (χ4v) is 2.74. The molecule has 2 aromatic carbocycles. The van der Waals surface area contributed by atoms with E-state index in [1.54, 1.807) is 6.21 Å². The van der Waals surface area contributed by atoms with Crippen LogP contribution in [0.25, 0.3) is 10.9 Å². The molecule has 0 spiro atoms. The van der Waals surface area contributed by atoms with Crippen molar-refractivity contribution in [2.45, 2.75) is 13.5 Å². The summed E-state index contributed by atoms with van der Waals surface area (Å²) in [5, 5.41) is 8.25. The number of carbonyl (C=O) groups is 1. The third-order valence-corrected chi connectivity index (χ3v) is 4.04. The van der Waals surface area contributed by atoms with Crippen LogP contribution < -0.4 is 10.7 Å². The number of benzene rings is 2. The Morgan fingerprint density at radius 2 is 1.96 bits per heavy atom. The van der Waals surface area contributed by atoms with Crippen LogP contribution in [0.3, 0.4) is 0 Å². The van der Waals surface area contributed by atoms with Gasteiger partial charge in [-0.25, -0.2) is 5.43 Å². The molecule has 5 nitrogen and oxygen atoms in total. The lowest BCUT2D eigenvalue weighted by Crippen LogP contribution is -2.25. The van der Waals surface area contributed by atoms with E-state index in [0.29, 0.717) is 0 Å². The van der Waals surface area contributed by atoms with Crippen LogP contribution in [0.2, 0.25) is 0 Å². The molecule has 0 saturated heterocycles. The minimum Gasteiger partial charge on any atom is -0.376 e. The highest BCUT2D eigenvalue weighted by molar-refractivity contribution is 5.99. The van der Waals surface area contributed by atoms with Gasteiger partial charge < -0.3 is 9.88 Å². The van der Waals surface area contributed by atoms with Gasteiger partial charge in [-0.1, -0.05) is 42.0 Å². The summed E-state index contributed by atoms with van der Waals surface area (Å²) in [7, 11) is 0. The number of amides is 1. The summed E-state index contributed by atoms with van der Waals surface area (Å²) in [6.45, 7) is 6.70. The maximum Gasteiger partial charge on any atom is 0.259 e. The molecule has 0 atom stereocenters. The molecule has 0 bridgehead atoms. The number of allylic oxidation sites excluding steroid dienone is 1. The van der Waals surface area contributed by atoms with E-state index in [1.807, 2.05) is 61.7 Å². The monoisotopic (exact) mass is 346 g/mol. The zero-order valence-corrected chi connectivity index (χ0v) is 14.8. The van der Waals surface area contributed by atoms with E-state index >= 15 is 0 Å². The Hall–Kier alpha value is -3.34. The second-order valence-corrected chi connectivity index (χ2v) is 6.06. The fourth-order valence-electron chi connectivity index (χ4n) is 2.74. The predicted molar refractivity (Wildman–Crippen MR) is 108 cm³/mol. The molecule has 132 valence electrons. The van der Waals surface area contributed by atoms with Crippen molar-refractivity contribution in [3.63, 3.8) is 0 Å². The van der Waals surface area contributed by atoms with Crippen LogP contribution >= 0.6 is 0 Å². The van der Waals surface area contributed by atoms with Crippen LogP contribution in [0.4, 0.5) is 5.69 Å². The summed E-state index contributed by atoms with van der Waals surface area (Å²) < 4.78 is 2.10. The van der Waals surface area contributed by atoms with Crippen LogP contribution in [0.1, 0.15) is 11.1 Å². The summed E-state index contributed by atoms with van der Waals surface area (Å²) >= 11 is 0. The smallest absolute Gasteiger partial charge is 0.259 e. The number of fused-ring (bicyclic) bond motifs is 1. The van der Waals surface area contributed by atoms with E-state index < -0.39 is 0 Å². The molecule has 1 heterocycles. The van der Waals surface area contributed by atoms with Crippen molar-refractivity contribution in [3.8, 4) is 0 Å². The number of rotatable bonds is 7. The lowest BCUT2D eigenvalue weighted by molar-refractivity contribution is -0.119. The van der Waals surface area contributed by atoms with Crippen LogP contribution in [0.5, 0.6) is 0 Å². The van der Waals surface area contributed by atoms with Crippen molar-refractivity contribution < 1.29 is 4.79 Å². The molecule has 1 amide bonds. The van der Waals surface area contributed by atoms with E-state index in [9.17, 15) is 4.79 Å². The summed E-state index contributed by atoms with van der Waals surface area (Å²) in [4.78, 5) is 11.9. The van der Waals surface area contributed by atoms with Gasteiger partial charge in [0, 0.05) is 34.9 Å². The van der Waals surface area contributed by atoms with Gasteiger partial charge in [-0.2, -0.15) is 5.10 Å². The molecule has 0 fully saturated rings. The number of nitrogens with one attached hydrogen (secondary N) is 2. The minimum atomic E-state index is -0.198. The molecule has 0 aliphatic rings.